The molecule has 0 spiro atoms. The minimum atomic E-state index is -0.396. The van der Waals surface area contributed by atoms with Crippen LogP contribution in [0.25, 0.3) is 0 Å². The van der Waals surface area contributed by atoms with Gasteiger partial charge in [0.05, 0.1) is 6.33 Å². The Morgan fingerprint density at radius 1 is 1.30 bits per heavy atom. The number of imidazole rings is 1. The number of terminal acetylenes is 1. The summed E-state index contributed by atoms with van der Waals surface area (Å²) in [6.07, 6.45) is 9.96. The Kier molecular flexibility index (Phi) is 5.70. The Morgan fingerprint density at radius 2 is 2.00 bits per heavy atom. The molecule has 1 heterocycles. The summed E-state index contributed by atoms with van der Waals surface area (Å²) in [7, 11) is 0. The second-order valence-corrected chi connectivity index (χ2v) is 6.71. The van der Waals surface area contributed by atoms with Gasteiger partial charge in [-0.25, -0.2) is 4.98 Å². The van der Waals surface area contributed by atoms with E-state index in [1.54, 1.807) is 24.7 Å². The second-order valence-electron chi connectivity index (χ2n) is 6.27. The molecule has 0 amide bonds. The largest absolute Gasteiger partial charge is 0.467 e. The Bertz CT molecular complexity index is 639. The molecule has 0 aliphatic heterocycles. The first-order chi connectivity index (χ1) is 10.9. The Hall–Kier alpha value is -1.96. The molecule has 0 saturated heterocycles. The normalized spacial score (nSPS) is 14.0. The monoisotopic (exact) mass is 332 g/mol. The van der Waals surface area contributed by atoms with E-state index >= 15 is 0 Å². The zero-order chi connectivity index (χ0) is 16.9. The molecule has 0 fully saturated rings. The first-order valence-corrected chi connectivity index (χ1v) is 7.74. The average molecular weight is 333 g/mol. The summed E-state index contributed by atoms with van der Waals surface area (Å²) >= 11 is 5.93. The van der Waals surface area contributed by atoms with Gasteiger partial charge in [-0.1, -0.05) is 38.3 Å². The fraction of sp³-hybridized carbons (Fsp3) is 0.389. The minimum absolute atomic E-state index is 0.182. The minimum Gasteiger partial charge on any atom is -0.467 e. The highest BCUT2D eigenvalue weighted by molar-refractivity contribution is 6.30. The van der Waals surface area contributed by atoms with Gasteiger partial charge >= 0.3 is 0 Å². The molecule has 0 aliphatic rings. The van der Waals surface area contributed by atoms with Gasteiger partial charge in [-0.15, -0.1) is 6.42 Å². The third kappa shape index (κ3) is 4.75. The molecule has 1 aromatic carbocycles. The van der Waals surface area contributed by atoms with E-state index in [0.29, 0.717) is 10.8 Å². The van der Waals surface area contributed by atoms with Crippen molar-refractivity contribution in [3.63, 3.8) is 0 Å². The molecule has 0 saturated carbocycles. The van der Waals surface area contributed by atoms with Gasteiger partial charge in [-0.05, 0) is 29.7 Å². The van der Waals surface area contributed by atoms with Gasteiger partial charge in [0.2, 0.25) is 6.23 Å². The van der Waals surface area contributed by atoms with E-state index in [-0.39, 0.29) is 18.1 Å². The summed E-state index contributed by atoms with van der Waals surface area (Å²) in [5.74, 6) is 3.22. The Labute approximate surface area is 142 Å². The average Bonchev–Trinajstić information content (AvgIpc) is 3.01. The zero-order valence-electron chi connectivity index (χ0n) is 13.6. The van der Waals surface area contributed by atoms with Gasteiger partial charge in [0.15, 0.2) is 0 Å². The number of nitrogens with zero attached hydrogens (tertiary/aromatic N) is 2. The molecule has 2 unspecified atom stereocenters. The summed E-state index contributed by atoms with van der Waals surface area (Å²) < 4.78 is 13.9. The van der Waals surface area contributed by atoms with Crippen molar-refractivity contribution in [1.29, 1.82) is 0 Å². The van der Waals surface area contributed by atoms with Crippen LogP contribution in [-0.2, 0) is 4.74 Å². The maximum atomic E-state index is 6.17. The number of ether oxygens (including phenoxy) is 2. The van der Waals surface area contributed by atoms with Gasteiger partial charge in [0, 0.05) is 17.4 Å². The summed E-state index contributed by atoms with van der Waals surface area (Å²) in [5.41, 5.74) is -0.182. The topological polar surface area (TPSA) is 36.3 Å². The van der Waals surface area contributed by atoms with Crippen LogP contribution in [0.5, 0.6) is 5.75 Å². The van der Waals surface area contributed by atoms with E-state index in [1.165, 1.54) is 0 Å². The van der Waals surface area contributed by atoms with Gasteiger partial charge in [0.25, 0.3) is 0 Å². The predicted octanol–water partition coefficient (Wildman–Crippen LogP) is 4.18. The van der Waals surface area contributed by atoms with Crippen LogP contribution in [0.4, 0.5) is 0 Å². The van der Waals surface area contributed by atoms with Gasteiger partial charge in [-0.3, -0.25) is 4.57 Å². The number of hydrogen-bond donors (Lipinski definition) is 0. The fourth-order valence-electron chi connectivity index (χ4n) is 2.25. The summed E-state index contributed by atoms with van der Waals surface area (Å²) in [4.78, 5) is 4.11. The molecule has 5 heteroatoms. The third-order valence-corrected chi connectivity index (χ3v) is 3.60. The van der Waals surface area contributed by atoms with Crippen LogP contribution in [0.3, 0.4) is 0 Å². The molecule has 0 N–H and O–H groups in total. The standard InChI is InChI=1S/C18H21ClN2O2/c1-5-12-22-16(18(2,3)4)17(21-11-10-20-13-21)23-15-8-6-14(19)7-9-15/h1,6-11,13,16-17H,12H2,2-4H3. The van der Waals surface area contributed by atoms with Gasteiger partial charge < -0.3 is 9.47 Å². The van der Waals surface area contributed by atoms with Crippen molar-refractivity contribution >= 4 is 11.6 Å². The molecule has 23 heavy (non-hydrogen) atoms. The van der Waals surface area contributed by atoms with E-state index in [2.05, 4.69) is 31.7 Å². The lowest BCUT2D eigenvalue weighted by Crippen LogP contribution is -2.40. The first-order valence-electron chi connectivity index (χ1n) is 7.36. The number of benzene rings is 1. The molecular formula is C18H21ClN2O2. The highest BCUT2D eigenvalue weighted by atomic mass is 35.5. The smallest absolute Gasteiger partial charge is 0.203 e. The van der Waals surface area contributed by atoms with Crippen molar-refractivity contribution in [1.82, 2.24) is 9.55 Å². The quantitative estimate of drug-likeness (QED) is 0.745. The molecular weight excluding hydrogens is 312 g/mol. The number of aromatic nitrogens is 2. The SMILES string of the molecule is C#CCOC(C(Oc1ccc(Cl)cc1)n1ccnc1)C(C)(C)C. The number of hydrogen-bond acceptors (Lipinski definition) is 3. The molecule has 0 bridgehead atoms. The van der Waals surface area contributed by atoms with E-state index < -0.39 is 6.23 Å². The van der Waals surface area contributed by atoms with E-state index in [4.69, 9.17) is 27.5 Å². The van der Waals surface area contributed by atoms with Crippen LogP contribution in [0.15, 0.2) is 43.0 Å². The number of halogens is 1. The second kappa shape index (κ2) is 7.54. The summed E-state index contributed by atoms with van der Waals surface area (Å²) in [6, 6.07) is 7.23. The van der Waals surface area contributed by atoms with E-state index in [1.807, 2.05) is 22.9 Å². The lowest BCUT2D eigenvalue weighted by Gasteiger charge is -2.36. The van der Waals surface area contributed by atoms with Crippen molar-refractivity contribution in [3.8, 4) is 18.1 Å². The fourth-order valence-corrected chi connectivity index (χ4v) is 2.38. The third-order valence-electron chi connectivity index (χ3n) is 3.35. The molecule has 1 aromatic heterocycles. The lowest BCUT2D eigenvalue weighted by molar-refractivity contribution is -0.101. The summed E-state index contributed by atoms with van der Waals surface area (Å²) in [5, 5.41) is 0.660. The van der Waals surface area contributed by atoms with Crippen molar-refractivity contribution in [2.24, 2.45) is 5.41 Å². The lowest BCUT2D eigenvalue weighted by atomic mass is 9.87. The van der Waals surface area contributed by atoms with Crippen LogP contribution < -0.4 is 4.74 Å². The maximum absolute atomic E-state index is 6.17. The van der Waals surface area contributed by atoms with Crippen LogP contribution in [-0.4, -0.2) is 22.3 Å². The van der Waals surface area contributed by atoms with Crippen LogP contribution in [0.2, 0.25) is 5.02 Å². The number of rotatable bonds is 6. The maximum Gasteiger partial charge on any atom is 0.203 e. The first kappa shape index (κ1) is 17.4. The predicted molar refractivity (Wildman–Crippen MR) is 91.4 cm³/mol. The summed E-state index contributed by atoms with van der Waals surface area (Å²) in [6.45, 7) is 6.48. The van der Waals surface area contributed by atoms with Crippen LogP contribution in [0.1, 0.15) is 27.0 Å². The van der Waals surface area contributed by atoms with E-state index in [0.717, 1.165) is 0 Å². The molecule has 0 radical (unpaired) electrons. The highest BCUT2D eigenvalue weighted by Crippen LogP contribution is 2.33. The van der Waals surface area contributed by atoms with Gasteiger partial charge in [-0.2, -0.15) is 0 Å². The zero-order valence-corrected chi connectivity index (χ0v) is 14.3. The van der Waals surface area contributed by atoms with Crippen LogP contribution in [0, 0.1) is 17.8 Å². The van der Waals surface area contributed by atoms with Crippen molar-refractivity contribution < 1.29 is 9.47 Å². The van der Waals surface area contributed by atoms with E-state index in [9.17, 15) is 0 Å². The van der Waals surface area contributed by atoms with Crippen LogP contribution >= 0.6 is 11.6 Å². The molecule has 2 atom stereocenters. The van der Waals surface area contributed by atoms with Gasteiger partial charge in [0.1, 0.15) is 18.5 Å². The molecule has 2 aromatic rings. The Morgan fingerprint density at radius 3 is 2.52 bits per heavy atom. The molecule has 2 rings (SSSR count). The Balaban J connectivity index is 2.32. The van der Waals surface area contributed by atoms with Crippen molar-refractivity contribution in [2.75, 3.05) is 6.61 Å². The van der Waals surface area contributed by atoms with Crippen molar-refractivity contribution in [3.05, 3.63) is 48.0 Å². The van der Waals surface area contributed by atoms with Crippen molar-refractivity contribution in [2.45, 2.75) is 33.1 Å². The highest BCUT2D eigenvalue weighted by Gasteiger charge is 2.36. The molecule has 4 nitrogen and oxygen atoms in total. The molecule has 0 aliphatic carbocycles. The molecule has 122 valence electrons.